The van der Waals surface area contributed by atoms with E-state index >= 15 is 0 Å². The molecule has 0 spiro atoms. The maximum Gasteiger partial charge on any atom is 0.0466 e. The lowest BCUT2D eigenvalue weighted by Crippen LogP contribution is -2.36. The maximum atomic E-state index is 5.50. The molecule has 0 aliphatic heterocycles. The highest BCUT2D eigenvalue weighted by Crippen LogP contribution is 2.12. The minimum Gasteiger partial charge on any atom is -0.382 e. The Hall–Kier alpha value is -0.120. The van der Waals surface area contributed by atoms with Crippen molar-refractivity contribution in [3.63, 3.8) is 0 Å². The first-order valence-electron chi connectivity index (χ1n) is 5.78. The molecule has 0 aromatic heterocycles. The zero-order valence-electron chi connectivity index (χ0n) is 9.88. The second-order valence-corrected chi connectivity index (χ2v) is 3.95. The molecule has 0 aromatic rings. The van der Waals surface area contributed by atoms with Crippen LogP contribution < -0.4 is 11.3 Å². The van der Waals surface area contributed by atoms with Crippen molar-refractivity contribution in [3.8, 4) is 0 Å². The molecular weight excluding hydrogens is 176 g/mol. The number of nitrogens with one attached hydrogen (secondary N) is 1. The van der Waals surface area contributed by atoms with Gasteiger partial charge in [-0.05, 0) is 32.1 Å². The van der Waals surface area contributed by atoms with Crippen molar-refractivity contribution in [1.82, 2.24) is 5.43 Å². The third kappa shape index (κ3) is 7.30. The summed E-state index contributed by atoms with van der Waals surface area (Å²) in [6, 6.07) is 0.449. The van der Waals surface area contributed by atoms with E-state index in [1.807, 2.05) is 6.92 Å². The molecule has 2 unspecified atom stereocenters. The minimum atomic E-state index is 0.449. The van der Waals surface area contributed by atoms with Gasteiger partial charge in [0.25, 0.3) is 0 Å². The maximum absolute atomic E-state index is 5.50. The first-order valence-corrected chi connectivity index (χ1v) is 5.78. The molecule has 86 valence electrons. The lowest BCUT2D eigenvalue weighted by atomic mass is 9.97. The lowest BCUT2D eigenvalue weighted by molar-refractivity contribution is 0.139. The van der Waals surface area contributed by atoms with Crippen LogP contribution in [0.15, 0.2) is 0 Å². The van der Waals surface area contributed by atoms with Crippen molar-refractivity contribution >= 4 is 0 Å². The van der Waals surface area contributed by atoms with Crippen molar-refractivity contribution < 1.29 is 4.74 Å². The molecule has 0 fully saturated rings. The Balaban J connectivity index is 3.47. The third-order valence-electron chi connectivity index (χ3n) is 2.66. The summed E-state index contributed by atoms with van der Waals surface area (Å²) in [7, 11) is 0. The SMILES string of the molecule is CCOCCCC(CC(C)CC)NN. The highest BCUT2D eigenvalue weighted by Gasteiger charge is 2.09. The van der Waals surface area contributed by atoms with Gasteiger partial charge in [-0.15, -0.1) is 0 Å². The zero-order chi connectivity index (χ0) is 10.8. The lowest BCUT2D eigenvalue weighted by Gasteiger charge is -2.19. The van der Waals surface area contributed by atoms with E-state index in [0.29, 0.717) is 6.04 Å². The van der Waals surface area contributed by atoms with Crippen LogP contribution in [0.4, 0.5) is 0 Å². The highest BCUT2D eigenvalue weighted by atomic mass is 16.5. The van der Waals surface area contributed by atoms with Crippen LogP contribution in [0.5, 0.6) is 0 Å². The first-order chi connectivity index (χ1) is 6.74. The monoisotopic (exact) mass is 202 g/mol. The molecule has 0 aliphatic carbocycles. The number of rotatable bonds is 9. The number of ether oxygens (including phenoxy) is 1. The predicted octanol–water partition coefficient (Wildman–Crippen LogP) is 2.07. The Kier molecular flexibility index (Phi) is 9.35. The average molecular weight is 202 g/mol. The van der Waals surface area contributed by atoms with Crippen LogP contribution in [0.1, 0.15) is 46.5 Å². The van der Waals surface area contributed by atoms with Gasteiger partial charge in [0.15, 0.2) is 0 Å². The molecule has 3 nitrogen and oxygen atoms in total. The van der Waals surface area contributed by atoms with Crippen LogP contribution in [0.25, 0.3) is 0 Å². The molecule has 0 aromatic carbocycles. The van der Waals surface area contributed by atoms with Crippen LogP contribution in [0.2, 0.25) is 0 Å². The summed E-state index contributed by atoms with van der Waals surface area (Å²) in [5, 5.41) is 0. The van der Waals surface area contributed by atoms with Crippen molar-refractivity contribution in [2.24, 2.45) is 11.8 Å². The largest absolute Gasteiger partial charge is 0.382 e. The van der Waals surface area contributed by atoms with Crippen LogP contribution >= 0.6 is 0 Å². The molecule has 2 atom stereocenters. The van der Waals surface area contributed by atoms with Gasteiger partial charge in [-0.2, -0.15) is 0 Å². The van der Waals surface area contributed by atoms with E-state index in [-0.39, 0.29) is 0 Å². The minimum absolute atomic E-state index is 0.449. The van der Waals surface area contributed by atoms with Gasteiger partial charge in [-0.3, -0.25) is 11.3 Å². The zero-order valence-corrected chi connectivity index (χ0v) is 9.88. The van der Waals surface area contributed by atoms with Crippen LogP contribution in [-0.2, 0) is 4.74 Å². The molecule has 0 aliphatic rings. The Morgan fingerprint density at radius 1 is 1.36 bits per heavy atom. The standard InChI is InChI=1S/C11H26N2O/c1-4-10(3)9-11(13-12)7-6-8-14-5-2/h10-11,13H,4-9,12H2,1-3H3. The van der Waals surface area contributed by atoms with Crippen molar-refractivity contribution in [3.05, 3.63) is 0 Å². The van der Waals surface area contributed by atoms with Gasteiger partial charge in [0.2, 0.25) is 0 Å². The molecule has 3 N–H and O–H groups in total. The summed E-state index contributed by atoms with van der Waals surface area (Å²) in [4.78, 5) is 0. The van der Waals surface area contributed by atoms with Gasteiger partial charge in [0.1, 0.15) is 0 Å². The molecule has 3 heteroatoms. The van der Waals surface area contributed by atoms with Gasteiger partial charge in [0, 0.05) is 19.3 Å². The number of hydrogen-bond acceptors (Lipinski definition) is 3. The first kappa shape index (κ1) is 13.9. The van der Waals surface area contributed by atoms with Gasteiger partial charge in [0.05, 0.1) is 0 Å². The summed E-state index contributed by atoms with van der Waals surface area (Å²) in [5.74, 6) is 6.25. The van der Waals surface area contributed by atoms with E-state index in [9.17, 15) is 0 Å². The highest BCUT2D eigenvalue weighted by molar-refractivity contribution is 4.66. The number of hydrazine groups is 1. The smallest absolute Gasteiger partial charge is 0.0466 e. The van der Waals surface area contributed by atoms with E-state index in [2.05, 4.69) is 19.3 Å². The number of hydrogen-bond donors (Lipinski definition) is 2. The van der Waals surface area contributed by atoms with Gasteiger partial charge in [-0.25, -0.2) is 0 Å². The molecule has 14 heavy (non-hydrogen) atoms. The van der Waals surface area contributed by atoms with Crippen molar-refractivity contribution in [2.45, 2.75) is 52.5 Å². The second-order valence-electron chi connectivity index (χ2n) is 3.95. The van der Waals surface area contributed by atoms with E-state index in [0.717, 1.165) is 32.0 Å². The summed E-state index contributed by atoms with van der Waals surface area (Å²) >= 11 is 0. The van der Waals surface area contributed by atoms with Gasteiger partial charge >= 0.3 is 0 Å². The summed E-state index contributed by atoms with van der Waals surface area (Å²) in [6.07, 6.45) is 4.60. The normalized spacial score (nSPS) is 15.4. The summed E-state index contributed by atoms with van der Waals surface area (Å²) in [6.45, 7) is 8.18. The fourth-order valence-electron chi connectivity index (χ4n) is 1.50. The Bertz CT molecular complexity index is 120. The summed E-state index contributed by atoms with van der Waals surface area (Å²) < 4.78 is 5.29. The Morgan fingerprint density at radius 3 is 2.57 bits per heavy atom. The molecule has 0 rings (SSSR count). The molecule has 0 saturated heterocycles. The average Bonchev–Trinajstić information content (AvgIpc) is 2.22. The van der Waals surface area contributed by atoms with Crippen LogP contribution in [0.3, 0.4) is 0 Å². The number of nitrogens with two attached hydrogens (primary N) is 1. The predicted molar refractivity (Wildman–Crippen MR) is 60.9 cm³/mol. The molecule has 0 saturated carbocycles. The molecule has 0 bridgehead atoms. The van der Waals surface area contributed by atoms with E-state index in [4.69, 9.17) is 10.6 Å². The topological polar surface area (TPSA) is 47.3 Å². The van der Waals surface area contributed by atoms with Crippen molar-refractivity contribution in [2.75, 3.05) is 13.2 Å². The van der Waals surface area contributed by atoms with Crippen LogP contribution in [-0.4, -0.2) is 19.3 Å². The van der Waals surface area contributed by atoms with E-state index < -0.39 is 0 Å². The van der Waals surface area contributed by atoms with Crippen LogP contribution in [0, 0.1) is 5.92 Å². The van der Waals surface area contributed by atoms with Gasteiger partial charge in [-0.1, -0.05) is 20.3 Å². The fraction of sp³-hybridized carbons (Fsp3) is 1.00. The fourth-order valence-corrected chi connectivity index (χ4v) is 1.50. The second kappa shape index (κ2) is 9.44. The molecule has 0 amide bonds. The molecule has 0 heterocycles. The molecular formula is C11H26N2O. The van der Waals surface area contributed by atoms with E-state index in [1.54, 1.807) is 0 Å². The Morgan fingerprint density at radius 2 is 2.07 bits per heavy atom. The summed E-state index contributed by atoms with van der Waals surface area (Å²) in [5.41, 5.74) is 2.89. The Labute approximate surface area is 88.4 Å². The third-order valence-corrected chi connectivity index (χ3v) is 2.66. The van der Waals surface area contributed by atoms with E-state index in [1.165, 1.54) is 12.8 Å². The van der Waals surface area contributed by atoms with Crippen molar-refractivity contribution in [1.29, 1.82) is 0 Å². The molecule has 0 radical (unpaired) electrons. The van der Waals surface area contributed by atoms with Gasteiger partial charge < -0.3 is 4.74 Å². The quantitative estimate of drug-likeness (QED) is 0.342.